The van der Waals surface area contributed by atoms with Gasteiger partial charge in [-0.3, -0.25) is 0 Å². The largest absolute Gasteiger partial charge is 0.488 e. The monoisotopic (exact) mass is 275 g/mol. The lowest BCUT2D eigenvalue weighted by Gasteiger charge is -2.27. The predicted octanol–water partition coefficient (Wildman–Crippen LogP) is 2.44. The molecule has 110 valence electrons. The van der Waals surface area contributed by atoms with Gasteiger partial charge < -0.3 is 15.2 Å². The molecule has 0 aromatic heterocycles. The normalized spacial score (nSPS) is 23.6. The molecule has 1 aliphatic heterocycles. The van der Waals surface area contributed by atoms with Gasteiger partial charge in [0.05, 0.1) is 0 Å². The van der Waals surface area contributed by atoms with Gasteiger partial charge in [0.2, 0.25) is 0 Å². The fourth-order valence-electron chi connectivity index (χ4n) is 3.58. The van der Waals surface area contributed by atoms with Crippen molar-refractivity contribution in [2.45, 2.75) is 45.1 Å². The lowest BCUT2D eigenvalue weighted by Crippen LogP contribution is -2.39. The zero-order valence-corrected chi connectivity index (χ0v) is 12.3. The molecule has 1 heterocycles. The van der Waals surface area contributed by atoms with Crippen molar-refractivity contribution in [1.29, 1.82) is 0 Å². The van der Waals surface area contributed by atoms with Gasteiger partial charge >= 0.3 is 0 Å². The van der Waals surface area contributed by atoms with E-state index in [9.17, 15) is 5.11 Å². The molecular weight excluding hydrogens is 250 g/mol. The van der Waals surface area contributed by atoms with Crippen LogP contribution in [0.4, 0.5) is 0 Å². The Morgan fingerprint density at radius 1 is 1.35 bits per heavy atom. The minimum atomic E-state index is 0.127. The number of fused-ring (bicyclic) bond motifs is 1. The molecule has 1 aromatic carbocycles. The van der Waals surface area contributed by atoms with Crippen LogP contribution in [0.25, 0.3) is 0 Å². The fourth-order valence-corrected chi connectivity index (χ4v) is 3.58. The average molecular weight is 275 g/mol. The highest BCUT2D eigenvalue weighted by Crippen LogP contribution is 2.37. The predicted molar refractivity (Wildman–Crippen MR) is 80.2 cm³/mol. The summed E-state index contributed by atoms with van der Waals surface area (Å²) in [6.45, 7) is 4.22. The van der Waals surface area contributed by atoms with Crippen LogP contribution < -0.4 is 10.1 Å². The van der Waals surface area contributed by atoms with E-state index in [2.05, 4.69) is 30.4 Å². The lowest BCUT2D eigenvalue weighted by molar-refractivity contribution is 0.123. The molecule has 0 amide bonds. The molecule has 0 spiro atoms. The summed E-state index contributed by atoms with van der Waals surface area (Å²) >= 11 is 0. The maximum atomic E-state index is 9.61. The van der Waals surface area contributed by atoms with Crippen LogP contribution >= 0.6 is 0 Å². The number of rotatable bonds is 5. The first kappa shape index (κ1) is 13.9. The van der Waals surface area contributed by atoms with Gasteiger partial charge in [0.15, 0.2) is 0 Å². The van der Waals surface area contributed by atoms with Crippen LogP contribution in [-0.4, -0.2) is 30.9 Å². The number of aliphatic hydroxyl groups excluding tert-OH is 1. The first-order chi connectivity index (χ1) is 9.71. The van der Waals surface area contributed by atoms with Crippen LogP contribution in [0.3, 0.4) is 0 Å². The summed E-state index contributed by atoms with van der Waals surface area (Å²) in [6.07, 6.45) is 6.06. The molecule has 0 radical (unpaired) electrons. The van der Waals surface area contributed by atoms with E-state index < -0.39 is 0 Å². The second-order valence-corrected chi connectivity index (χ2v) is 6.55. The van der Waals surface area contributed by atoms with Gasteiger partial charge in [0, 0.05) is 31.5 Å². The van der Waals surface area contributed by atoms with Gasteiger partial charge in [-0.15, -0.1) is 0 Å². The summed E-state index contributed by atoms with van der Waals surface area (Å²) in [4.78, 5) is 0. The van der Waals surface area contributed by atoms with Gasteiger partial charge in [-0.1, -0.05) is 30.5 Å². The molecule has 3 nitrogen and oxygen atoms in total. The first-order valence-corrected chi connectivity index (χ1v) is 7.79. The molecule has 3 heteroatoms. The summed E-state index contributed by atoms with van der Waals surface area (Å²) in [6, 6.07) is 6.41. The van der Waals surface area contributed by atoms with Crippen molar-refractivity contribution in [3.8, 4) is 5.75 Å². The molecule has 2 N–H and O–H groups in total. The molecule has 1 aromatic rings. The summed E-state index contributed by atoms with van der Waals surface area (Å²) in [5, 5.41) is 13.1. The van der Waals surface area contributed by atoms with E-state index in [-0.39, 0.29) is 11.5 Å². The Bertz CT molecular complexity index is 466. The Balaban J connectivity index is 1.49. The summed E-state index contributed by atoms with van der Waals surface area (Å²) < 4.78 is 5.97. The maximum absolute atomic E-state index is 9.61. The zero-order valence-electron chi connectivity index (χ0n) is 12.3. The van der Waals surface area contributed by atoms with Gasteiger partial charge in [0.25, 0.3) is 0 Å². The van der Waals surface area contributed by atoms with E-state index in [1.807, 2.05) is 0 Å². The molecule has 0 bridgehead atoms. The SMILES string of the molecule is Cc1ccc2c(c1)CC(CNCC1(CO)CCCC1)O2. The van der Waals surface area contributed by atoms with Crippen molar-refractivity contribution in [3.63, 3.8) is 0 Å². The van der Waals surface area contributed by atoms with E-state index in [4.69, 9.17) is 4.74 Å². The van der Waals surface area contributed by atoms with Gasteiger partial charge in [-0.25, -0.2) is 0 Å². The van der Waals surface area contributed by atoms with Crippen molar-refractivity contribution in [1.82, 2.24) is 5.32 Å². The van der Waals surface area contributed by atoms with Crippen LogP contribution in [-0.2, 0) is 6.42 Å². The molecule has 1 aliphatic carbocycles. The molecule has 20 heavy (non-hydrogen) atoms. The van der Waals surface area contributed by atoms with E-state index in [1.165, 1.54) is 24.0 Å². The van der Waals surface area contributed by atoms with Crippen LogP contribution in [0, 0.1) is 12.3 Å². The Morgan fingerprint density at radius 2 is 2.15 bits per heavy atom. The Kier molecular flexibility index (Phi) is 3.99. The van der Waals surface area contributed by atoms with Gasteiger partial charge in [-0.2, -0.15) is 0 Å². The van der Waals surface area contributed by atoms with Crippen molar-refractivity contribution in [2.24, 2.45) is 5.41 Å². The smallest absolute Gasteiger partial charge is 0.123 e. The number of hydrogen-bond donors (Lipinski definition) is 2. The number of aliphatic hydroxyl groups is 1. The topological polar surface area (TPSA) is 41.5 Å². The second-order valence-electron chi connectivity index (χ2n) is 6.55. The maximum Gasteiger partial charge on any atom is 0.123 e. The number of aryl methyl sites for hydroxylation is 1. The summed E-state index contributed by atoms with van der Waals surface area (Å²) in [7, 11) is 0. The van der Waals surface area contributed by atoms with E-state index in [0.29, 0.717) is 6.61 Å². The number of benzene rings is 1. The number of nitrogens with one attached hydrogen (secondary N) is 1. The minimum absolute atomic E-state index is 0.127. The molecule has 2 aliphatic rings. The average Bonchev–Trinajstić information content (AvgIpc) is 3.05. The van der Waals surface area contributed by atoms with E-state index in [1.54, 1.807) is 0 Å². The van der Waals surface area contributed by atoms with Crippen molar-refractivity contribution < 1.29 is 9.84 Å². The molecule has 1 fully saturated rings. The van der Waals surface area contributed by atoms with Crippen LogP contribution in [0.5, 0.6) is 5.75 Å². The summed E-state index contributed by atoms with van der Waals surface area (Å²) in [5.74, 6) is 1.04. The van der Waals surface area contributed by atoms with Crippen molar-refractivity contribution in [3.05, 3.63) is 29.3 Å². The van der Waals surface area contributed by atoms with E-state index >= 15 is 0 Å². The minimum Gasteiger partial charge on any atom is -0.488 e. The van der Waals surface area contributed by atoms with Crippen LogP contribution in [0.15, 0.2) is 18.2 Å². The standard InChI is InChI=1S/C17H25NO2/c1-13-4-5-16-14(8-13)9-15(20-16)10-18-11-17(12-19)6-2-3-7-17/h4-5,8,15,18-19H,2-3,6-7,9-12H2,1H3. The van der Waals surface area contributed by atoms with Gasteiger partial charge in [-0.05, 0) is 31.4 Å². The quantitative estimate of drug-likeness (QED) is 0.867. The van der Waals surface area contributed by atoms with Crippen molar-refractivity contribution in [2.75, 3.05) is 19.7 Å². The first-order valence-electron chi connectivity index (χ1n) is 7.79. The molecule has 1 atom stereocenters. The molecule has 0 saturated heterocycles. The number of hydrogen-bond acceptors (Lipinski definition) is 3. The van der Waals surface area contributed by atoms with Crippen LogP contribution in [0.2, 0.25) is 0 Å². The highest BCUT2D eigenvalue weighted by molar-refractivity contribution is 5.40. The third-order valence-electron chi connectivity index (χ3n) is 4.83. The third kappa shape index (κ3) is 2.84. The molecule has 3 rings (SSSR count). The highest BCUT2D eigenvalue weighted by atomic mass is 16.5. The molecule has 1 unspecified atom stereocenters. The molecule has 1 saturated carbocycles. The van der Waals surface area contributed by atoms with Crippen molar-refractivity contribution >= 4 is 0 Å². The lowest BCUT2D eigenvalue weighted by atomic mass is 9.87. The van der Waals surface area contributed by atoms with Crippen LogP contribution in [0.1, 0.15) is 36.8 Å². The fraction of sp³-hybridized carbons (Fsp3) is 0.647. The van der Waals surface area contributed by atoms with Gasteiger partial charge in [0.1, 0.15) is 11.9 Å². The second kappa shape index (κ2) is 5.74. The highest BCUT2D eigenvalue weighted by Gasteiger charge is 2.33. The Hall–Kier alpha value is -1.06. The molecular formula is C17H25NO2. The Morgan fingerprint density at radius 3 is 2.90 bits per heavy atom. The number of ether oxygens (including phenoxy) is 1. The Labute approximate surface area is 121 Å². The summed E-state index contributed by atoms with van der Waals surface area (Å²) in [5.41, 5.74) is 2.75. The third-order valence-corrected chi connectivity index (χ3v) is 4.83. The van der Waals surface area contributed by atoms with E-state index in [0.717, 1.165) is 38.1 Å². The zero-order chi connectivity index (χ0) is 14.0.